The molecule has 1 aliphatic rings. The zero-order chi connectivity index (χ0) is 14.0. The van der Waals surface area contributed by atoms with Crippen molar-refractivity contribution in [2.24, 2.45) is 5.92 Å². The van der Waals surface area contributed by atoms with E-state index in [1.54, 1.807) is 0 Å². The number of thiazole rings is 1. The summed E-state index contributed by atoms with van der Waals surface area (Å²) in [5.41, 5.74) is 0.0545. The fourth-order valence-electron chi connectivity index (χ4n) is 1.93. The molecule has 2 N–H and O–H groups in total. The molecule has 0 bridgehead atoms. The third kappa shape index (κ3) is 3.24. The Kier molecular flexibility index (Phi) is 3.76. The van der Waals surface area contributed by atoms with E-state index in [9.17, 15) is 4.79 Å². The first-order chi connectivity index (χ1) is 8.90. The number of aromatic nitrogens is 1. The Hall–Kier alpha value is -1.61. The van der Waals surface area contributed by atoms with Gasteiger partial charge in [0.25, 0.3) is 0 Å². The molecule has 1 aromatic heterocycles. The first-order valence-corrected chi connectivity index (χ1v) is 7.13. The van der Waals surface area contributed by atoms with Crippen LogP contribution in [0.5, 0.6) is 0 Å². The molecule has 0 atom stereocenters. The molecule has 0 unspecified atom stereocenters. The highest BCUT2D eigenvalue weighted by Gasteiger charge is 2.34. The highest BCUT2D eigenvalue weighted by molar-refractivity contribution is 7.15. The van der Waals surface area contributed by atoms with E-state index in [0.717, 1.165) is 17.7 Å². The average molecular weight is 278 g/mol. The molecule has 6 heteroatoms. The lowest BCUT2D eigenvalue weighted by Gasteiger charge is -2.32. The monoisotopic (exact) mass is 278 g/mol. The highest BCUT2D eigenvalue weighted by atomic mass is 32.1. The zero-order valence-electron chi connectivity index (χ0n) is 11.4. The Balaban J connectivity index is 1.87. The maximum atomic E-state index is 11.9. The van der Waals surface area contributed by atoms with Crippen LogP contribution in [0.4, 0.5) is 5.13 Å². The lowest BCUT2D eigenvalue weighted by Crippen LogP contribution is -2.44. The van der Waals surface area contributed by atoms with E-state index in [4.69, 9.17) is 5.26 Å². The van der Waals surface area contributed by atoms with Crippen molar-refractivity contribution in [3.05, 3.63) is 11.1 Å². The largest absolute Gasteiger partial charge is 0.321 e. The van der Waals surface area contributed by atoms with E-state index in [2.05, 4.69) is 36.4 Å². The third-order valence-corrected chi connectivity index (χ3v) is 4.59. The highest BCUT2D eigenvalue weighted by Crippen LogP contribution is 2.32. The van der Waals surface area contributed by atoms with E-state index in [-0.39, 0.29) is 23.3 Å². The molecule has 0 saturated heterocycles. The van der Waals surface area contributed by atoms with E-state index in [1.807, 2.05) is 12.4 Å². The summed E-state index contributed by atoms with van der Waals surface area (Å²) >= 11 is 1.52. The standard InChI is InChI=1S/C13H18N4OS/c1-13(2,3)10-6-15-12(19-10)17-11(18)8-4-9(5-8)16-7-14/h6,8-9,16H,4-5H2,1-3H3,(H,15,17,18). The number of hydrogen-bond donors (Lipinski definition) is 2. The number of nitrogens with zero attached hydrogens (tertiary/aromatic N) is 2. The Labute approximate surface area is 117 Å². The van der Waals surface area contributed by atoms with Gasteiger partial charge >= 0.3 is 0 Å². The lowest BCUT2D eigenvalue weighted by atomic mass is 9.80. The van der Waals surface area contributed by atoms with Gasteiger partial charge in [0.15, 0.2) is 11.3 Å². The number of amides is 1. The van der Waals surface area contributed by atoms with Crippen LogP contribution in [0.3, 0.4) is 0 Å². The normalized spacial score (nSPS) is 22.2. The van der Waals surface area contributed by atoms with Crippen LogP contribution in [0, 0.1) is 17.4 Å². The topological polar surface area (TPSA) is 77.8 Å². The molecule has 1 amide bonds. The van der Waals surface area contributed by atoms with Crippen LogP contribution in [-0.4, -0.2) is 16.9 Å². The lowest BCUT2D eigenvalue weighted by molar-refractivity contribution is -0.122. The summed E-state index contributed by atoms with van der Waals surface area (Å²) in [4.78, 5) is 17.3. The van der Waals surface area contributed by atoms with Crippen LogP contribution in [0.2, 0.25) is 0 Å². The summed E-state index contributed by atoms with van der Waals surface area (Å²) in [6.07, 6.45) is 5.17. The second kappa shape index (κ2) is 5.17. The number of nitrogens with one attached hydrogen (secondary N) is 2. The number of carbonyl (C=O) groups is 1. The van der Waals surface area contributed by atoms with Gasteiger partial charge in [-0.15, -0.1) is 11.3 Å². The quantitative estimate of drug-likeness (QED) is 0.656. The molecule has 1 fully saturated rings. The van der Waals surface area contributed by atoms with Crippen LogP contribution in [-0.2, 0) is 10.2 Å². The van der Waals surface area contributed by atoms with Crippen LogP contribution < -0.4 is 10.6 Å². The Morgan fingerprint density at radius 3 is 2.74 bits per heavy atom. The number of nitriles is 1. The predicted molar refractivity (Wildman–Crippen MR) is 74.7 cm³/mol. The summed E-state index contributed by atoms with van der Waals surface area (Å²) in [5.74, 6) is -0.00126. The van der Waals surface area contributed by atoms with Crippen molar-refractivity contribution in [2.45, 2.75) is 45.1 Å². The van der Waals surface area contributed by atoms with E-state index in [1.165, 1.54) is 11.3 Å². The molecular weight excluding hydrogens is 260 g/mol. The average Bonchev–Trinajstić information content (AvgIpc) is 2.70. The van der Waals surface area contributed by atoms with Gasteiger partial charge in [0.1, 0.15) is 0 Å². The molecule has 1 heterocycles. The van der Waals surface area contributed by atoms with Crippen molar-refractivity contribution in [3.8, 4) is 6.19 Å². The van der Waals surface area contributed by atoms with Crippen molar-refractivity contribution in [1.82, 2.24) is 10.3 Å². The molecule has 1 aromatic rings. The minimum Gasteiger partial charge on any atom is -0.321 e. The van der Waals surface area contributed by atoms with E-state index in [0.29, 0.717) is 5.13 Å². The summed E-state index contributed by atoms with van der Waals surface area (Å²) in [6.45, 7) is 6.36. The molecule has 2 rings (SSSR count). The first-order valence-electron chi connectivity index (χ1n) is 6.32. The molecule has 5 nitrogen and oxygen atoms in total. The fraction of sp³-hybridized carbons (Fsp3) is 0.615. The first kappa shape index (κ1) is 13.8. The molecule has 1 saturated carbocycles. The molecule has 102 valence electrons. The van der Waals surface area contributed by atoms with E-state index < -0.39 is 0 Å². The Morgan fingerprint density at radius 1 is 1.53 bits per heavy atom. The van der Waals surface area contributed by atoms with Gasteiger partial charge in [-0.05, 0) is 18.3 Å². The maximum absolute atomic E-state index is 11.9. The van der Waals surface area contributed by atoms with Crippen molar-refractivity contribution >= 4 is 22.4 Å². The summed E-state index contributed by atoms with van der Waals surface area (Å²) < 4.78 is 0. The van der Waals surface area contributed by atoms with Gasteiger partial charge in [0, 0.05) is 23.0 Å². The van der Waals surface area contributed by atoms with Crippen LogP contribution >= 0.6 is 11.3 Å². The van der Waals surface area contributed by atoms with Crippen molar-refractivity contribution in [1.29, 1.82) is 5.26 Å². The van der Waals surface area contributed by atoms with Crippen molar-refractivity contribution in [3.63, 3.8) is 0 Å². The third-order valence-electron chi connectivity index (χ3n) is 3.25. The minimum absolute atomic E-state index is 0.00537. The zero-order valence-corrected chi connectivity index (χ0v) is 12.2. The molecule has 0 spiro atoms. The van der Waals surface area contributed by atoms with Gasteiger partial charge in [-0.25, -0.2) is 4.98 Å². The summed E-state index contributed by atoms with van der Waals surface area (Å²) in [5, 5.41) is 14.7. The molecule has 0 aliphatic heterocycles. The Bertz CT molecular complexity index is 505. The van der Waals surface area contributed by atoms with Gasteiger partial charge in [-0.3, -0.25) is 4.79 Å². The van der Waals surface area contributed by atoms with Crippen LogP contribution in [0.1, 0.15) is 38.5 Å². The number of hydrogen-bond acceptors (Lipinski definition) is 5. The fourth-order valence-corrected chi connectivity index (χ4v) is 2.80. The Morgan fingerprint density at radius 2 is 2.21 bits per heavy atom. The number of carbonyl (C=O) groups excluding carboxylic acids is 1. The van der Waals surface area contributed by atoms with Gasteiger partial charge < -0.3 is 10.6 Å². The molecule has 0 aromatic carbocycles. The van der Waals surface area contributed by atoms with Gasteiger partial charge in [0.2, 0.25) is 5.91 Å². The summed E-state index contributed by atoms with van der Waals surface area (Å²) in [6, 6.07) is 0.155. The van der Waals surface area contributed by atoms with E-state index >= 15 is 0 Å². The predicted octanol–water partition coefficient (Wildman–Crippen LogP) is 2.23. The smallest absolute Gasteiger partial charge is 0.229 e. The van der Waals surface area contributed by atoms with Crippen molar-refractivity contribution < 1.29 is 4.79 Å². The van der Waals surface area contributed by atoms with Gasteiger partial charge in [-0.2, -0.15) is 5.26 Å². The van der Waals surface area contributed by atoms with Gasteiger partial charge in [0.05, 0.1) is 0 Å². The second-order valence-corrected chi connectivity index (χ2v) is 6.92. The second-order valence-electron chi connectivity index (χ2n) is 5.89. The number of rotatable bonds is 3. The van der Waals surface area contributed by atoms with Gasteiger partial charge in [-0.1, -0.05) is 20.8 Å². The SMILES string of the molecule is CC(C)(C)c1cnc(NC(=O)C2CC(NC#N)C2)s1. The summed E-state index contributed by atoms with van der Waals surface area (Å²) in [7, 11) is 0. The minimum atomic E-state index is -0.00663. The molecular formula is C13H18N4OS. The van der Waals surface area contributed by atoms with Crippen molar-refractivity contribution in [2.75, 3.05) is 5.32 Å². The molecule has 1 aliphatic carbocycles. The van der Waals surface area contributed by atoms with Crippen LogP contribution in [0.25, 0.3) is 0 Å². The number of anilines is 1. The van der Waals surface area contributed by atoms with Crippen LogP contribution in [0.15, 0.2) is 6.20 Å². The molecule has 0 radical (unpaired) electrons. The molecule has 19 heavy (non-hydrogen) atoms. The maximum Gasteiger partial charge on any atom is 0.229 e.